The van der Waals surface area contributed by atoms with E-state index in [0.29, 0.717) is 45.8 Å². The van der Waals surface area contributed by atoms with E-state index in [1.165, 1.54) is 0 Å². The van der Waals surface area contributed by atoms with Crippen LogP contribution in [0.3, 0.4) is 0 Å². The average molecular weight is 656 g/mol. The van der Waals surface area contributed by atoms with Gasteiger partial charge in [-0.25, -0.2) is 0 Å². The van der Waals surface area contributed by atoms with Crippen molar-refractivity contribution in [3.63, 3.8) is 0 Å². The fourth-order valence-corrected chi connectivity index (χ4v) is 9.50. The normalized spacial score (nSPS) is 15.7. The van der Waals surface area contributed by atoms with Crippen LogP contribution in [0.25, 0.3) is 0 Å². The molecule has 1 N–H and O–H groups in total. The van der Waals surface area contributed by atoms with E-state index < -0.39 is 8.56 Å². The molecule has 254 valence electrons. The van der Waals surface area contributed by atoms with E-state index in [2.05, 4.69) is 37.9 Å². The Hall–Kier alpha value is -3.25. The highest BCUT2D eigenvalue weighted by Gasteiger charge is 2.46. The maximum atomic E-state index is 13.3. The molecule has 3 rings (SSSR count). The van der Waals surface area contributed by atoms with Crippen molar-refractivity contribution in [2.24, 2.45) is 0 Å². The summed E-state index contributed by atoms with van der Waals surface area (Å²) in [6, 6.07) is 17.0. The second kappa shape index (κ2) is 18.8. The van der Waals surface area contributed by atoms with Crippen molar-refractivity contribution in [2.75, 3.05) is 46.5 Å². The Labute approximate surface area is 276 Å². The van der Waals surface area contributed by atoms with E-state index in [-0.39, 0.29) is 60.9 Å². The third-order valence-electron chi connectivity index (χ3n) is 8.45. The molecule has 0 bridgehead atoms. The van der Waals surface area contributed by atoms with Gasteiger partial charge < -0.3 is 28.5 Å². The number of nitrogens with one attached hydrogen (secondary N) is 1. The van der Waals surface area contributed by atoms with Gasteiger partial charge in [0.05, 0.1) is 26.3 Å². The van der Waals surface area contributed by atoms with Crippen LogP contribution >= 0.6 is 0 Å². The highest BCUT2D eigenvalue weighted by Crippen LogP contribution is 2.35. The predicted molar refractivity (Wildman–Crippen MR) is 180 cm³/mol. The van der Waals surface area contributed by atoms with E-state index in [9.17, 15) is 14.4 Å². The molecule has 0 aliphatic carbocycles. The smallest absolute Gasteiger partial charge is 0.343 e. The second-order valence-corrected chi connectivity index (χ2v) is 16.7. The SMILES string of the molecule is CCO[Si](OCC1CN(C(=O)CCCC(=O)OCc2ccccc2)CCN1CC(=O)NCc1ccc(OC)cc1)(C(C)C)C(C)C. The van der Waals surface area contributed by atoms with Crippen LogP contribution in [0.4, 0.5) is 0 Å². The summed E-state index contributed by atoms with van der Waals surface area (Å²) < 4.78 is 23.7. The molecule has 2 aromatic carbocycles. The van der Waals surface area contributed by atoms with Gasteiger partial charge in [0, 0.05) is 45.6 Å². The molecule has 1 aliphatic rings. The van der Waals surface area contributed by atoms with Gasteiger partial charge in [-0.1, -0.05) is 70.2 Å². The molecule has 1 aliphatic heterocycles. The van der Waals surface area contributed by atoms with Gasteiger partial charge in [0.25, 0.3) is 0 Å². The highest BCUT2D eigenvalue weighted by atomic mass is 28.4. The van der Waals surface area contributed by atoms with Gasteiger partial charge in [-0.2, -0.15) is 0 Å². The van der Waals surface area contributed by atoms with Gasteiger partial charge in [-0.15, -0.1) is 0 Å². The molecule has 0 saturated carbocycles. The second-order valence-electron chi connectivity index (χ2n) is 12.4. The number of esters is 1. The van der Waals surface area contributed by atoms with Crippen LogP contribution in [0.2, 0.25) is 11.1 Å². The first-order valence-corrected chi connectivity index (χ1v) is 18.4. The lowest BCUT2D eigenvalue weighted by Crippen LogP contribution is -2.60. The zero-order chi connectivity index (χ0) is 33.5. The molecule has 0 radical (unpaired) electrons. The van der Waals surface area contributed by atoms with Gasteiger partial charge in [-0.05, 0) is 47.7 Å². The third-order valence-corrected chi connectivity index (χ3v) is 13.0. The lowest BCUT2D eigenvalue weighted by Gasteiger charge is -2.44. The van der Waals surface area contributed by atoms with Crippen LogP contribution in [0.5, 0.6) is 5.75 Å². The number of rotatable bonds is 18. The van der Waals surface area contributed by atoms with Crippen LogP contribution in [0.15, 0.2) is 54.6 Å². The molecule has 0 aromatic heterocycles. The Kier molecular flexibility index (Phi) is 15.2. The zero-order valence-corrected chi connectivity index (χ0v) is 29.5. The van der Waals surface area contributed by atoms with Crippen molar-refractivity contribution in [3.05, 3.63) is 65.7 Å². The molecule has 1 unspecified atom stereocenters. The minimum absolute atomic E-state index is 0.00879. The van der Waals surface area contributed by atoms with Crippen molar-refractivity contribution in [1.82, 2.24) is 15.1 Å². The number of piperazine rings is 1. The van der Waals surface area contributed by atoms with E-state index >= 15 is 0 Å². The number of carbonyl (C=O) groups is 3. The topological polar surface area (TPSA) is 107 Å². The molecule has 1 heterocycles. The van der Waals surface area contributed by atoms with Gasteiger partial charge in [-0.3, -0.25) is 19.3 Å². The quantitative estimate of drug-likeness (QED) is 0.176. The average Bonchev–Trinajstić information content (AvgIpc) is 3.05. The number of carbonyl (C=O) groups excluding carboxylic acids is 3. The zero-order valence-electron chi connectivity index (χ0n) is 28.5. The van der Waals surface area contributed by atoms with Crippen LogP contribution < -0.4 is 10.1 Å². The summed E-state index contributed by atoms with van der Waals surface area (Å²) in [4.78, 5) is 42.6. The van der Waals surface area contributed by atoms with E-state index in [1.807, 2.05) is 66.4 Å². The number of nitrogens with zero attached hydrogens (tertiary/aromatic N) is 2. The maximum Gasteiger partial charge on any atom is 0.343 e. The largest absolute Gasteiger partial charge is 0.497 e. The summed E-state index contributed by atoms with van der Waals surface area (Å²) in [6.07, 6.45) is 0.860. The Morgan fingerprint density at radius 2 is 1.61 bits per heavy atom. The van der Waals surface area contributed by atoms with Gasteiger partial charge in [0.2, 0.25) is 11.8 Å². The third kappa shape index (κ3) is 11.2. The summed E-state index contributed by atoms with van der Waals surface area (Å²) in [5, 5.41) is 3.02. The summed E-state index contributed by atoms with van der Waals surface area (Å²) in [5.74, 6) is 0.358. The predicted octanol–water partition coefficient (Wildman–Crippen LogP) is 5.05. The van der Waals surface area contributed by atoms with Crippen LogP contribution in [0.1, 0.15) is 65.0 Å². The minimum Gasteiger partial charge on any atom is -0.497 e. The molecule has 46 heavy (non-hydrogen) atoms. The van der Waals surface area contributed by atoms with Crippen molar-refractivity contribution in [3.8, 4) is 5.75 Å². The van der Waals surface area contributed by atoms with Crippen LogP contribution in [0, 0.1) is 0 Å². The maximum absolute atomic E-state index is 13.3. The molecule has 1 saturated heterocycles. The van der Waals surface area contributed by atoms with E-state index in [1.54, 1.807) is 7.11 Å². The highest BCUT2D eigenvalue weighted by molar-refractivity contribution is 6.70. The van der Waals surface area contributed by atoms with Crippen molar-refractivity contribution in [2.45, 2.75) is 84.2 Å². The molecular formula is C35H53N3O7Si. The lowest BCUT2D eigenvalue weighted by atomic mass is 10.1. The summed E-state index contributed by atoms with van der Waals surface area (Å²) in [5.41, 5.74) is 2.38. The fraction of sp³-hybridized carbons (Fsp3) is 0.571. The lowest BCUT2D eigenvalue weighted by molar-refractivity contribution is -0.145. The molecule has 1 fully saturated rings. The monoisotopic (exact) mass is 655 g/mol. The Bertz CT molecular complexity index is 1220. The first-order valence-electron chi connectivity index (χ1n) is 16.5. The Morgan fingerprint density at radius 1 is 0.913 bits per heavy atom. The number of benzene rings is 2. The molecule has 1 atom stereocenters. The Morgan fingerprint density at radius 3 is 2.24 bits per heavy atom. The standard InChI is InChI=1S/C35H53N3O7Si/c1-7-44-46(27(2)3,28(4)5)45-26-31-23-38(34(40)14-11-15-35(41)43-25-30-12-9-8-10-13-30)21-20-37(31)24-33(39)36-22-29-16-18-32(42-6)19-17-29/h8-10,12-13,16-19,27-28,31H,7,11,14-15,20-26H2,1-6H3,(H,36,39). The van der Waals surface area contributed by atoms with Crippen LogP contribution in [-0.2, 0) is 41.1 Å². The summed E-state index contributed by atoms with van der Waals surface area (Å²) in [7, 11) is -0.956. The number of ether oxygens (including phenoxy) is 2. The number of amides is 2. The molecule has 10 nitrogen and oxygen atoms in total. The first-order chi connectivity index (χ1) is 22.1. The number of hydrogen-bond acceptors (Lipinski definition) is 8. The number of methoxy groups -OCH3 is 1. The van der Waals surface area contributed by atoms with Crippen molar-refractivity contribution in [1.29, 1.82) is 0 Å². The van der Waals surface area contributed by atoms with Gasteiger partial charge >= 0.3 is 14.5 Å². The molecule has 2 amide bonds. The first kappa shape index (κ1) is 37.2. The summed E-state index contributed by atoms with van der Waals surface area (Å²) in [6.45, 7) is 13.8. The number of hydrogen-bond donors (Lipinski definition) is 1. The minimum atomic E-state index is -2.58. The molecule has 11 heteroatoms. The van der Waals surface area contributed by atoms with Crippen molar-refractivity contribution >= 4 is 26.3 Å². The Balaban J connectivity index is 1.59. The van der Waals surface area contributed by atoms with E-state index in [0.717, 1.165) is 16.9 Å². The molecule has 2 aromatic rings. The van der Waals surface area contributed by atoms with Crippen LogP contribution in [-0.4, -0.2) is 88.7 Å². The van der Waals surface area contributed by atoms with Gasteiger partial charge in [0.15, 0.2) is 0 Å². The van der Waals surface area contributed by atoms with E-state index in [4.69, 9.17) is 18.3 Å². The van der Waals surface area contributed by atoms with Gasteiger partial charge in [0.1, 0.15) is 12.4 Å². The molecule has 0 spiro atoms. The summed E-state index contributed by atoms with van der Waals surface area (Å²) >= 11 is 0. The van der Waals surface area contributed by atoms with Crippen molar-refractivity contribution < 1.29 is 32.7 Å². The fourth-order valence-electron chi connectivity index (χ4n) is 5.85. The molecular weight excluding hydrogens is 602 g/mol.